The lowest BCUT2D eigenvalue weighted by atomic mass is 10.0. The fourth-order valence-electron chi connectivity index (χ4n) is 1.18. The van der Waals surface area contributed by atoms with Crippen LogP contribution in [-0.4, -0.2) is 23.4 Å². The quantitative estimate of drug-likeness (QED) is 0.664. The van der Waals surface area contributed by atoms with Gasteiger partial charge in [0.25, 0.3) is 0 Å². The van der Waals surface area contributed by atoms with E-state index in [0.29, 0.717) is 6.42 Å². The van der Waals surface area contributed by atoms with Gasteiger partial charge >= 0.3 is 6.18 Å². The fourth-order valence-corrected chi connectivity index (χ4v) is 1.18. The third-order valence-corrected chi connectivity index (χ3v) is 2.15. The zero-order valence-electron chi connectivity index (χ0n) is 8.35. The van der Waals surface area contributed by atoms with Crippen molar-refractivity contribution in [2.45, 2.75) is 57.3 Å². The maximum Gasteiger partial charge on any atom is 0.406 e. The zero-order valence-corrected chi connectivity index (χ0v) is 8.35. The first-order valence-electron chi connectivity index (χ1n) is 4.90. The number of alkyl halides is 3. The summed E-state index contributed by atoms with van der Waals surface area (Å²) >= 11 is 0. The summed E-state index contributed by atoms with van der Waals surface area (Å²) in [7, 11) is 0. The molecule has 0 radical (unpaired) electrons. The van der Waals surface area contributed by atoms with E-state index >= 15 is 0 Å². The Bertz CT molecular complexity index is 149. The van der Waals surface area contributed by atoms with Gasteiger partial charge in [0.1, 0.15) is 6.04 Å². The summed E-state index contributed by atoms with van der Waals surface area (Å²) < 4.78 is 36.0. The summed E-state index contributed by atoms with van der Waals surface area (Å²) in [4.78, 5) is 0. The van der Waals surface area contributed by atoms with Crippen LogP contribution in [0.2, 0.25) is 0 Å². The van der Waals surface area contributed by atoms with Gasteiger partial charge in [0, 0.05) is 0 Å². The van der Waals surface area contributed by atoms with Crippen LogP contribution in [0.1, 0.15) is 39.0 Å². The van der Waals surface area contributed by atoms with Crippen molar-refractivity contribution >= 4 is 0 Å². The van der Waals surface area contributed by atoms with Gasteiger partial charge in [-0.05, 0) is 6.42 Å². The molecule has 0 heterocycles. The molecule has 0 bridgehead atoms. The molecular weight excluding hydrogens is 195 g/mol. The molecule has 0 aliphatic rings. The van der Waals surface area contributed by atoms with Crippen molar-refractivity contribution < 1.29 is 18.3 Å². The third kappa shape index (κ3) is 5.44. The topological polar surface area (TPSA) is 46.2 Å². The van der Waals surface area contributed by atoms with Crippen LogP contribution in [-0.2, 0) is 0 Å². The molecule has 0 rings (SSSR count). The van der Waals surface area contributed by atoms with Gasteiger partial charge in [0.2, 0.25) is 0 Å². The normalized spacial score (nSPS) is 16.7. The molecule has 0 aromatic carbocycles. The van der Waals surface area contributed by atoms with E-state index in [1.807, 2.05) is 6.92 Å². The van der Waals surface area contributed by atoms with Gasteiger partial charge in [0.15, 0.2) is 0 Å². The SMILES string of the molecule is CCCCCC[C@H](O)[C@H](N)C(F)(F)F. The molecule has 0 amide bonds. The van der Waals surface area contributed by atoms with Gasteiger partial charge in [-0.25, -0.2) is 0 Å². The average Bonchev–Trinajstić information content (AvgIpc) is 2.09. The first-order valence-corrected chi connectivity index (χ1v) is 4.90. The smallest absolute Gasteiger partial charge is 0.391 e. The van der Waals surface area contributed by atoms with Gasteiger partial charge in [0.05, 0.1) is 6.10 Å². The molecule has 2 atom stereocenters. The van der Waals surface area contributed by atoms with Gasteiger partial charge in [-0.3, -0.25) is 0 Å². The lowest BCUT2D eigenvalue weighted by Crippen LogP contribution is -2.46. The Labute approximate surface area is 82.3 Å². The second-order valence-electron chi connectivity index (χ2n) is 3.48. The van der Waals surface area contributed by atoms with Gasteiger partial charge < -0.3 is 10.8 Å². The maximum absolute atomic E-state index is 12.0. The number of rotatable bonds is 6. The Balaban J connectivity index is 3.68. The van der Waals surface area contributed by atoms with Crippen LogP contribution in [0.25, 0.3) is 0 Å². The molecule has 0 unspecified atom stereocenters. The molecule has 3 N–H and O–H groups in total. The van der Waals surface area contributed by atoms with E-state index in [2.05, 4.69) is 0 Å². The number of aliphatic hydroxyl groups is 1. The van der Waals surface area contributed by atoms with E-state index in [0.717, 1.165) is 19.3 Å². The summed E-state index contributed by atoms with van der Waals surface area (Å²) in [5.41, 5.74) is 4.83. The van der Waals surface area contributed by atoms with Crippen molar-refractivity contribution in [1.29, 1.82) is 0 Å². The van der Waals surface area contributed by atoms with Crippen molar-refractivity contribution in [3.63, 3.8) is 0 Å². The fraction of sp³-hybridized carbons (Fsp3) is 1.00. The Morgan fingerprint density at radius 1 is 1.21 bits per heavy atom. The number of nitrogens with two attached hydrogens (primary N) is 1. The standard InChI is InChI=1S/C9H18F3NO/c1-2-3-4-5-6-7(14)8(13)9(10,11)12/h7-8,14H,2-6,13H2,1H3/t7-,8-/m0/s1. The highest BCUT2D eigenvalue weighted by molar-refractivity contribution is 4.78. The van der Waals surface area contributed by atoms with E-state index in [1.165, 1.54) is 0 Å². The number of aliphatic hydroxyl groups excluding tert-OH is 1. The van der Waals surface area contributed by atoms with E-state index in [9.17, 15) is 13.2 Å². The minimum absolute atomic E-state index is 0.126. The minimum atomic E-state index is -4.50. The van der Waals surface area contributed by atoms with Crippen LogP contribution in [0.5, 0.6) is 0 Å². The van der Waals surface area contributed by atoms with Crippen molar-refractivity contribution in [1.82, 2.24) is 0 Å². The first-order chi connectivity index (χ1) is 6.39. The summed E-state index contributed by atoms with van der Waals surface area (Å²) in [5.74, 6) is 0. The Morgan fingerprint density at radius 3 is 2.21 bits per heavy atom. The van der Waals surface area contributed by atoms with Crippen LogP contribution in [0.4, 0.5) is 13.2 Å². The Kier molecular flexibility index (Phi) is 6.11. The molecule has 0 fully saturated rings. The number of halogens is 3. The van der Waals surface area contributed by atoms with Gasteiger partial charge in [-0.1, -0.05) is 32.6 Å². The molecular formula is C9H18F3NO. The highest BCUT2D eigenvalue weighted by Gasteiger charge is 2.40. The van der Waals surface area contributed by atoms with Crippen LogP contribution in [0, 0.1) is 0 Å². The van der Waals surface area contributed by atoms with Crippen LogP contribution < -0.4 is 5.73 Å². The predicted octanol–water partition coefficient (Wildman–Crippen LogP) is 2.21. The summed E-state index contributed by atoms with van der Waals surface area (Å²) in [6, 6.07) is -2.11. The van der Waals surface area contributed by atoms with Gasteiger partial charge in [-0.15, -0.1) is 0 Å². The molecule has 0 aliphatic carbocycles. The Hall–Kier alpha value is -0.290. The number of unbranched alkanes of at least 4 members (excludes halogenated alkanes) is 3. The zero-order chi connectivity index (χ0) is 11.2. The van der Waals surface area contributed by atoms with Crippen LogP contribution >= 0.6 is 0 Å². The maximum atomic E-state index is 12.0. The van der Waals surface area contributed by atoms with Crippen LogP contribution in [0.3, 0.4) is 0 Å². The number of hydrogen-bond donors (Lipinski definition) is 2. The van der Waals surface area contributed by atoms with E-state index < -0.39 is 18.3 Å². The molecule has 0 aromatic rings. The second kappa shape index (κ2) is 6.24. The summed E-state index contributed by atoms with van der Waals surface area (Å²) in [6.07, 6.45) is -2.40. The molecule has 0 aliphatic heterocycles. The summed E-state index contributed by atoms with van der Waals surface area (Å²) in [6.45, 7) is 2.01. The Morgan fingerprint density at radius 2 is 1.79 bits per heavy atom. The highest BCUT2D eigenvalue weighted by atomic mass is 19.4. The lowest BCUT2D eigenvalue weighted by Gasteiger charge is -2.21. The molecule has 86 valence electrons. The second-order valence-corrected chi connectivity index (χ2v) is 3.48. The third-order valence-electron chi connectivity index (χ3n) is 2.15. The van der Waals surface area contributed by atoms with Crippen molar-refractivity contribution in [2.75, 3.05) is 0 Å². The molecule has 0 saturated carbocycles. The lowest BCUT2D eigenvalue weighted by molar-refractivity contribution is -0.169. The highest BCUT2D eigenvalue weighted by Crippen LogP contribution is 2.22. The molecule has 2 nitrogen and oxygen atoms in total. The van der Waals surface area contributed by atoms with Crippen LogP contribution in [0.15, 0.2) is 0 Å². The molecule has 0 spiro atoms. The number of hydrogen-bond acceptors (Lipinski definition) is 2. The van der Waals surface area contributed by atoms with Crippen molar-refractivity contribution in [2.24, 2.45) is 5.73 Å². The predicted molar refractivity (Wildman–Crippen MR) is 48.8 cm³/mol. The van der Waals surface area contributed by atoms with E-state index in [4.69, 9.17) is 10.8 Å². The first kappa shape index (κ1) is 13.7. The van der Waals surface area contributed by atoms with E-state index in [-0.39, 0.29) is 6.42 Å². The molecule has 0 aromatic heterocycles. The van der Waals surface area contributed by atoms with Crippen molar-refractivity contribution in [3.8, 4) is 0 Å². The molecule has 14 heavy (non-hydrogen) atoms. The average molecular weight is 213 g/mol. The largest absolute Gasteiger partial charge is 0.406 e. The minimum Gasteiger partial charge on any atom is -0.391 e. The summed E-state index contributed by atoms with van der Waals surface area (Å²) in [5, 5.41) is 9.11. The molecule has 5 heteroatoms. The monoisotopic (exact) mass is 213 g/mol. The molecule has 0 saturated heterocycles. The van der Waals surface area contributed by atoms with E-state index in [1.54, 1.807) is 0 Å². The van der Waals surface area contributed by atoms with Crippen molar-refractivity contribution in [3.05, 3.63) is 0 Å². The van der Waals surface area contributed by atoms with Gasteiger partial charge in [-0.2, -0.15) is 13.2 Å².